The number of carbonyl (C=O) groups excluding carboxylic acids is 1. The Balaban J connectivity index is 2.98. The van der Waals surface area contributed by atoms with Crippen LogP contribution >= 0.6 is 23.2 Å². The van der Waals surface area contributed by atoms with Crippen molar-refractivity contribution in [1.82, 2.24) is 4.72 Å². The second-order valence-corrected chi connectivity index (χ2v) is 7.17. The van der Waals surface area contributed by atoms with Crippen molar-refractivity contribution < 1.29 is 17.9 Å². The number of hydrogen-bond donors (Lipinski definition) is 1. The van der Waals surface area contributed by atoms with Gasteiger partial charge in [-0.05, 0) is 31.5 Å². The van der Waals surface area contributed by atoms with Gasteiger partial charge >= 0.3 is 5.97 Å². The Morgan fingerprint density at radius 1 is 1.27 bits per heavy atom. The highest BCUT2D eigenvalue weighted by Crippen LogP contribution is 2.25. The standard InChI is InChI=1S/C14H19Cl2NO4S/c1-3-5-6-13(14(18)21-4-2)17-22(19,20)10-7-8-11(15)12(16)9-10/h7-9,13,17H,3-6H2,1-2H3. The van der Waals surface area contributed by atoms with Crippen molar-refractivity contribution >= 4 is 39.2 Å². The summed E-state index contributed by atoms with van der Waals surface area (Å²) in [7, 11) is -3.89. The van der Waals surface area contributed by atoms with E-state index in [0.717, 1.165) is 6.42 Å². The van der Waals surface area contributed by atoms with Gasteiger partial charge < -0.3 is 4.74 Å². The largest absolute Gasteiger partial charge is 0.465 e. The maximum Gasteiger partial charge on any atom is 0.324 e. The highest BCUT2D eigenvalue weighted by atomic mass is 35.5. The molecule has 0 bridgehead atoms. The van der Waals surface area contributed by atoms with Gasteiger partial charge in [0.25, 0.3) is 0 Å². The van der Waals surface area contributed by atoms with Crippen molar-refractivity contribution in [2.75, 3.05) is 6.61 Å². The number of benzene rings is 1. The maximum atomic E-state index is 12.4. The SMILES string of the molecule is CCCCC(NS(=O)(=O)c1ccc(Cl)c(Cl)c1)C(=O)OCC. The highest BCUT2D eigenvalue weighted by Gasteiger charge is 2.26. The van der Waals surface area contributed by atoms with Gasteiger partial charge in [0.05, 0.1) is 21.5 Å². The normalized spacial score (nSPS) is 12.9. The second-order valence-electron chi connectivity index (χ2n) is 4.64. The van der Waals surface area contributed by atoms with E-state index in [1.165, 1.54) is 18.2 Å². The molecule has 8 heteroatoms. The van der Waals surface area contributed by atoms with Crippen LogP contribution in [-0.2, 0) is 19.6 Å². The van der Waals surface area contributed by atoms with Crippen LogP contribution in [-0.4, -0.2) is 27.0 Å². The summed E-state index contributed by atoms with van der Waals surface area (Å²) in [5.74, 6) is -0.584. The average Bonchev–Trinajstić information content (AvgIpc) is 2.46. The minimum Gasteiger partial charge on any atom is -0.465 e. The summed E-state index contributed by atoms with van der Waals surface area (Å²) in [5.41, 5.74) is 0. The lowest BCUT2D eigenvalue weighted by Gasteiger charge is -2.17. The van der Waals surface area contributed by atoms with Gasteiger partial charge in [-0.2, -0.15) is 4.72 Å². The highest BCUT2D eigenvalue weighted by molar-refractivity contribution is 7.89. The molecule has 0 saturated heterocycles. The van der Waals surface area contributed by atoms with E-state index < -0.39 is 22.0 Å². The van der Waals surface area contributed by atoms with Crippen molar-refractivity contribution in [1.29, 1.82) is 0 Å². The first kappa shape index (κ1) is 19.2. The molecular weight excluding hydrogens is 349 g/mol. The second kappa shape index (κ2) is 8.72. The van der Waals surface area contributed by atoms with E-state index >= 15 is 0 Å². The lowest BCUT2D eigenvalue weighted by molar-refractivity contribution is -0.145. The van der Waals surface area contributed by atoms with Crippen LogP contribution in [0, 0.1) is 0 Å². The van der Waals surface area contributed by atoms with Crippen molar-refractivity contribution in [2.45, 2.75) is 44.0 Å². The fraction of sp³-hybridized carbons (Fsp3) is 0.500. The zero-order chi connectivity index (χ0) is 16.8. The van der Waals surface area contributed by atoms with Crippen molar-refractivity contribution in [3.05, 3.63) is 28.2 Å². The smallest absolute Gasteiger partial charge is 0.324 e. The quantitative estimate of drug-likeness (QED) is 0.714. The number of halogens is 2. The zero-order valence-electron chi connectivity index (χ0n) is 12.4. The van der Waals surface area contributed by atoms with Gasteiger partial charge in [-0.25, -0.2) is 8.42 Å². The van der Waals surface area contributed by atoms with Crippen molar-refractivity contribution in [3.63, 3.8) is 0 Å². The van der Waals surface area contributed by atoms with E-state index in [2.05, 4.69) is 4.72 Å². The van der Waals surface area contributed by atoms with Gasteiger partial charge in [0, 0.05) is 0 Å². The fourth-order valence-corrected chi connectivity index (χ4v) is 3.38. The molecule has 0 amide bonds. The van der Waals surface area contributed by atoms with Gasteiger partial charge in [-0.1, -0.05) is 43.0 Å². The van der Waals surface area contributed by atoms with Crippen LogP contribution in [0.2, 0.25) is 10.0 Å². The predicted molar refractivity (Wildman–Crippen MR) is 86.7 cm³/mol. The average molecular weight is 368 g/mol. The Morgan fingerprint density at radius 2 is 1.95 bits per heavy atom. The van der Waals surface area contributed by atoms with Crippen LogP contribution in [0.5, 0.6) is 0 Å². The first-order valence-electron chi connectivity index (χ1n) is 6.95. The lowest BCUT2D eigenvalue weighted by atomic mass is 10.1. The van der Waals surface area contributed by atoms with Crippen LogP contribution in [0.4, 0.5) is 0 Å². The number of sulfonamides is 1. The molecule has 0 radical (unpaired) electrons. The summed E-state index contributed by atoms with van der Waals surface area (Å²) in [6, 6.07) is 3.05. The predicted octanol–water partition coefficient (Wildman–Crippen LogP) is 3.39. The summed E-state index contributed by atoms with van der Waals surface area (Å²) >= 11 is 11.6. The summed E-state index contributed by atoms with van der Waals surface area (Å²) in [4.78, 5) is 11.8. The Kier molecular flexibility index (Phi) is 7.62. The van der Waals surface area contributed by atoms with Gasteiger partial charge in [0.1, 0.15) is 6.04 Å². The molecule has 0 aromatic heterocycles. The Labute approximate surface area is 141 Å². The lowest BCUT2D eigenvalue weighted by Crippen LogP contribution is -2.41. The molecule has 0 aliphatic carbocycles. The van der Waals surface area contributed by atoms with Gasteiger partial charge in [0.15, 0.2) is 0 Å². The number of nitrogens with one attached hydrogen (secondary N) is 1. The molecule has 0 spiro atoms. The number of rotatable bonds is 8. The Hall–Kier alpha value is -0.820. The third kappa shape index (κ3) is 5.43. The minimum atomic E-state index is -3.89. The van der Waals surface area contributed by atoms with Crippen LogP contribution in [0.3, 0.4) is 0 Å². The molecule has 1 atom stereocenters. The molecule has 124 valence electrons. The molecular formula is C14H19Cl2NO4S. The van der Waals surface area contributed by atoms with E-state index in [0.29, 0.717) is 12.8 Å². The molecule has 0 saturated carbocycles. The molecule has 22 heavy (non-hydrogen) atoms. The van der Waals surface area contributed by atoms with E-state index in [1.807, 2.05) is 6.92 Å². The number of ether oxygens (including phenoxy) is 1. The van der Waals surface area contributed by atoms with E-state index in [9.17, 15) is 13.2 Å². The monoisotopic (exact) mass is 367 g/mol. The Bertz CT molecular complexity index is 619. The summed E-state index contributed by atoms with van der Waals surface area (Å²) in [5, 5.41) is 0.388. The molecule has 0 heterocycles. The number of hydrogen-bond acceptors (Lipinski definition) is 4. The molecule has 1 aromatic rings. The van der Waals surface area contributed by atoms with Crippen LogP contribution in [0.15, 0.2) is 23.1 Å². The Morgan fingerprint density at radius 3 is 2.50 bits per heavy atom. The molecule has 1 rings (SSSR count). The van der Waals surface area contributed by atoms with E-state index in [4.69, 9.17) is 27.9 Å². The topological polar surface area (TPSA) is 72.5 Å². The number of esters is 1. The van der Waals surface area contributed by atoms with E-state index in [-0.39, 0.29) is 21.5 Å². The van der Waals surface area contributed by atoms with Crippen molar-refractivity contribution in [3.8, 4) is 0 Å². The first-order valence-corrected chi connectivity index (χ1v) is 9.19. The fourth-order valence-electron chi connectivity index (χ4n) is 1.78. The summed E-state index contributed by atoms with van der Waals surface area (Å²) in [6.45, 7) is 3.81. The molecule has 5 nitrogen and oxygen atoms in total. The molecule has 0 fully saturated rings. The van der Waals surface area contributed by atoms with Crippen LogP contribution in [0.25, 0.3) is 0 Å². The molecule has 0 aliphatic rings. The maximum absolute atomic E-state index is 12.4. The van der Waals surface area contributed by atoms with Gasteiger partial charge in [-0.3, -0.25) is 4.79 Å². The van der Waals surface area contributed by atoms with Crippen LogP contribution in [0.1, 0.15) is 33.1 Å². The third-order valence-electron chi connectivity index (χ3n) is 2.92. The van der Waals surface area contributed by atoms with Crippen molar-refractivity contribution in [2.24, 2.45) is 0 Å². The van der Waals surface area contributed by atoms with Gasteiger partial charge in [-0.15, -0.1) is 0 Å². The number of carbonyl (C=O) groups is 1. The van der Waals surface area contributed by atoms with Crippen LogP contribution < -0.4 is 4.72 Å². The molecule has 1 aromatic carbocycles. The third-order valence-corrected chi connectivity index (χ3v) is 5.12. The first-order chi connectivity index (χ1) is 10.3. The molecule has 1 unspecified atom stereocenters. The zero-order valence-corrected chi connectivity index (χ0v) is 14.8. The minimum absolute atomic E-state index is 0.0484. The number of unbranched alkanes of at least 4 members (excludes halogenated alkanes) is 1. The molecule has 0 aliphatic heterocycles. The van der Waals surface area contributed by atoms with E-state index in [1.54, 1.807) is 6.92 Å². The van der Waals surface area contributed by atoms with Gasteiger partial charge in [0.2, 0.25) is 10.0 Å². The summed E-state index contributed by atoms with van der Waals surface area (Å²) < 4.78 is 32.0. The molecule has 1 N–H and O–H groups in total. The summed E-state index contributed by atoms with van der Waals surface area (Å²) in [6.07, 6.45) is 1.91.